The lowest BCUT2D eigenvalue weighted by atomic mass is 9.77. The van der Waals surface area contributed by atoms with Gasteiger partial charge in [-0.2, -0.15) is 5.26 Å². The molecule has 0 fully saturated rings. The molecule has 0 unspecified atom stereocenters. The molecule has 0 atom stereocenters. The highest BCUT2D eigenvalue weighted by Gasteiger charge is 2.13. The zero-order valence-corrected chi connectivity index (χ0v) is 6.15. The Hall–Kier alpha value is -1.31. The van der Waals surface area contributed by atoms with Crippen molar-refractivity contribution < 1.29 is 14.2 Å². The summed E-state index contributed by atoms with van der Waals surface area (Å²) in [6.07, 6.45) is 0. The van der Waals surface area contributed by atoms with E-state index >= 15 is 0 Å². The van der Waals surface area contributed by atoms with Crippen molar-refractivity contribution in [2.24, 2.45) is 0 Å². The van der Waals surface area contributed by atoms with E-state index in [9.17, 15) is 0 Å². The SMILES string of the molecule is [2H]C([2H])([2H])c1ccc(C#N)cc1B(O)O. The van der Waals surface area contributed by atoms with Crippen molar-refractivity contribution in [2.45, 2.75) is 6.85 Å². The minimum atomic E-state index is -2.42. The van der Waals surface area contributed by atoms with Crippen LogP contribution in [0.1, 0.15) is 15.2 Å². The van der Waals surface area contributed by atoms with E-state index in [-0.39, 0.29) is 16.6 Å². The minimum Gasteiger partial charge on any atom is -0.423 e. The molecule has 60 valence electrons. The quantitative estimate of drug-likeness (QED) is 0.552. The summed E-state index contributed by atoms with van der Waals surface area (Å²) in [5, 5.41) is 26.6. The van der Waals surface area contributed by atoms with Gasteiger partial charge in [-0.1, -0.05) is 11.6 Å². The molecule has 12 heavy (non-hydrogen) atoms. The number of hydrogen-bond donors (Lipinski definition) is 2. The third kappa shape index (κ3) is 1.64. The maximum Gasteiger partial charge on any atom is 0.488 e. The van der Waals surface area contributed by atoms with E-state index in [0.717, 1.165) is 6.07 Å². The Bertz CT molecular complexity index is 411. The molecule has 0 heterocycles. The van der Waals surface area contributed by atoms with Gasteiger partial charge in [0, 0.05) is 4.11 Å². The third-order valence-electron chi connectivity index (χ3n) is 1.46. The van der Waals surface area contributed by atoms with E-state index in [1.54, 1.807) is 6.07 Å². The van der Waals surface area contributed by atoms with Gasteiger partial charge in [0.2, 0.25) is 0 Å². The van der Waals surface area contributed by atoms with Crippen LogP contribution in [0.15, 0.2) is 18.2 Å². The molecule has 0 bridgehead atoms. The highest BCUT2D eigenvalue weighted by molar-refractivity contribution is 6.59. The Morgan fingerprint density at radius 2 is 2.33 bits per heavy atom. The molecular formula is C8H8BNO2. The number of aryl methyl sites for hydroxylation is 1. The summed E-state index contributed by atoms with van der Waals surface area (Å²) < 4.78 is 21.5. The van der Waals surface area contributed by atoms with Gasteiger partial charge in [0.05, 0.1) is 11.6 Å². The lowest BCUT2D eigenvalue weighted by Gasteiger charge is -2.03. The van der Waals surface area contributed by atoms with Crippen molar-refractivity contribution in [3.05, 3.63) is 29.3 Å². The molecule has 0 aromatic heterocycles. The summed E-state index contributed by atoms with van der Waals surface area (Å²) in [5.74, 6) is 0. The molecule has 0 aliphatic carbocycles. The summed E-state index contributed by atoms with van der Waals surface area (Å²) in [6, 6.07) is 5.49. The highest BCUT2D eigenvalue weighted by atomic mass is 16.4. The second-order valence-electron chi connectivity index (χ2n) is 2.29. The fourth-order valence-corrected chi connectivity index (χ4v) is 0.846. The van der Waals surface area contributed by atoms with Crippen molar-refractivity contribution in [3.63, 3.8) is 0 Å². The number of rotatable bonds is 1. The summed E-state index contributed by atoms with van der Waals surface area (Å²) in [6.45, 7) is -2.42. The van der Waals surface area contributed by atoms with Crippen molar-refractivity contribution >= 4 is 12.6 Å². The lowest BCUT2D eigenvalue weighted by molar-refractivity contribution is 0.425. The zero-order chi connectivity index (χ0) is 11.6. The van der Waals surface area contributed by atoms with E-state index in [1.165, 1.54) is 12.1 Å². The standard InChI is InChI=1S/C8H8BNO2/c1-6-2-3-7(5-10)4-8(6)9(11)12/h2-4,11-12H,1H3/i1D3. The first kappa shape index (κ1) is 5.36. The van der Waals surface area contributed by atoms with Gasteiger partial charge in [-0.3, -0.25) is 0 Å². The molecule has 0 aliphatic heterocycles. The predicted octanol–water partition coefficient (Wildman–Crippen LogP) is -0.453. The van der Waals surface area contributed by atoms with Crippen LogP contribution >= 0.6 is 0 Å². The molecule has 4 heteroatoms. The normalized spacial score (nSPS) is 13.9. The second-order valence-corrected chi connectivity index (χ2v) is 2.29. The summed E-state index contributed by atoms with van der Waals surface area (Å²) in [4.78, 5) is 0. The predicted molar refractivity (Wildman–Crippen MR) is 45.7 cm³/mol. The molecule has 0 saturated carbocycles. The van der Waals surface area contributed by atoms with Gasteiger partial charge >= 0.3 is 7.12 Å². The van der Waals surface area contributed by atoms with Gasteiger partial charge in [-0.15, -0.1) is 0 Å². The molecule has 1 rings (SSSR count). The van der Waals surface area contributed by atoms with E-state index in [2.05, 4.69) is 0 Å². The molecule has 0 amide bonds. The van der Waals surface area contributed by atoms with Crippen LogP contribution in [0.25, 0.3) is 0 Å². The van der Waals surface area contributed by atoms with Crippen molar-refractivity contribution in [1.82, 2.24) is 0 Å². The highest BCUT2D eigenvalue weighted by Crippen LogP contribution is 1.99. The molecular weight excluding hydrogens is 153 g/mol. The smallest absolute Gasteiger partial charge is 0.423 e. The average Bonchev–Trinajstić information content (AvgIpc) is 2.15. The number of nitriles is 1. The van der Waals surface area contributed by atoms with Gasteiger partial charge in [-0.05, 0) is 24.4 Å². The van der Waals surface area contributed by atoms with Crippen LogP contribution in [0.3, 0.4) is 0 Å². The molecule has 3 nitrogen and oxygen atoms in total. The first-order valence-electron chi connectivity index (χ1n) is 4.77. The zero-order valence-electron chi connectivity index (χ0n) is 9.15. The summed E-state index contributed by atoms with van der Waals surface area (Å²) in [5.41, 5.74) is -0.128. The van der Waals surface area contributed by atoms with E-state index in [4.69, 9.17) is 19.4 Å². The monoisotopic (exact) mass is 164 g/mol. The Morgan fingerprint density at radius 1 is 1.58 bits per heavy atom. The average molecular weight is 164 g/mol. The van der Waals surface area contributed by atoms with Crippen LogP contribution in [-0.2, 0) is 0 Å². The van der Waals surface area contributed by atoms with Crippen LogP contribution in [0.2, 0.25) is 0 Å². The molecule has 0 saturated heterocycles. The third-order valence-corrected chi connectivity index (χ3v) is 1.46. The largest absolute Gasteiger partial charge is 0.488 e. The fourth-order valence-electron chi connectivity index (χ4n) is 0.846. The first-order valence-corrected chi connectivity index (χ1v) is 3.27. The number of hydrogen-bond acceptors (Lipinski definition) is 3. The topological polar surface area (TPSA) is 64.2 Å². The van der Waals surface area contributed by atoms with E-state index in [1.807, 2.05) is 0 Å². The molecule has 1 aromatic carbocycles. The van der Waals surface area contributed by atoms with Crippen molar-refractivity contribution in [3.8, 4) is 6.07 Å². The number of nitrogens with zero attached hydrogens (tertiary/aromatic N) is 1. The maximum atomic E-state index is 8.98. The maximum absolute atomic E-state index is 8.98. The van der Waals surface area contributed by atoms with Crippen LogP contribution in [0, 0.1) is 18.2 Å². The van der Waals surface area contributed by atoms with Crippen molar-refractivity contribution in [1.29, 1.82) is 5.26 Å². The molecule has 0 spiro atoms. The molecule has 0 radical (unpaired) electrons. The van der Waals surface area contributed by atoms with Crippen LogP contribution in [-0.4, -0.2) is 17.2 Å². The summed E-state index contributed by atoms with van der Waals surface area (Å²) >= 11 is 0. The van der Waals surface area contributed by atoms with Gasteiger partial charge in [0.25, 0.3) is 0 Å². The van der Waals surface area contributed by atoms with Crippen LogP contribution in [0.4, 0.5) is 0 Å². The Balaban J connectivity index is 3.36. The Morgan fingerprint density at radius 3 is 2.83 bits per heavy atom. The van der Waals surface area contributed by atoms with Gasteiger partial charge < -0.3 is 10.0 Å². The van der Waals surface area contributed by atoms with Crippen LogP contribution < -0.4 is 5.46 Å². The van der Waals surface area contributed by atoms with Gasteiger partial charge in [0.1, 0.15) is 0 Å². The van der Waals surface area contributed by atoms with Gasteiger partial charge in [-0.25, -0.2) is 0 Å². The van der Waals surface area contributed by atoms with E-state index in [0.29, 0.717) is 0 Å². The summed E-state index contributed by atoms with van der Waals surface area (Å²) in [7, 11) is -1.89. The van der Waals surface area contributed by atoms with Crippen molar-refractivity contribution in [2.75, 3.05) is 0 Å². The second kappa shape index (κ2) is 3.39. The lowest BCUT2D eigenvalue weighted by Crippen LogP contribution is -2.32. The molecule has 2 N–H and O–H groups in total. The Labute approximate surface area is 75.2 Å². The van der Waals surface area contributed by atoms with Crippen LogP contribution in [0.5, 0.6) is 0 Å². The first-order chi connectivity index (χ1) is 6.86. The minimum absolute atomic E-state index is 0.156. The van der Waals surface area contributed by atoms with E-state index < -0.39 is 14.0 Å². The van der Waals surface area contributed by atoms with Gasteiger partial charge in [0.15, 0.2) is 0 Å². The molecule has 1 aromatic rings. The molecule has 0 aliphatic rings. The Kier molecular flexibility index (Phi) is 1.52. The number of benzene rings is 1. The fraction of sp³-hybridized carbons (Fsp3) is 0.125.